The number of halogens is 1. The molecule has 2 N–H and O–H groups in total. The second-order valence-electron chi connectivity index (χ2n) is 8.27. The molecule has 0 spiro atoms. The Morgan fingerprint density at radius 3 is 2.39 bits per heavy atom. The Labute approximate surface area is 234 Å². The molecule has 0 aliphatic rings. The first-order valence-electron chi connectivity index (χ1n) is 11.4. The fourth-order valence-electron chi connectivity index (χ4n) is 3.74. The van der Waals surface area contributed by atoms with Crippen LogP contribution in [0.25, 0.3) is 11.1 Å². The normalized spacial score (nSPS) is 11.4. The van der Waals surface area contributed by atoms with Crippen molar-refractivity contribution in [3.05, 3.63) is 94.0 Å². The number of hydrogen-bond donors (Lipinski definition) is 2. The summed E-state index contributed by atoms with van der Waals surface area (Å²) in [4.78, 5) is 24.8. The summed E-state index contributed by atoms with van der Waals surface area (Å²) in [6, 6.07) is 20.2. The number of carbonyl (C=O) groups is 2. The average molecular weight is 519 g/mol. The average Bonchev–Trinajstić information content (AvgIpc) is 2.85. The van der Waals surface area contributed by atoms with Crippen LogP contribution in [0.15, 0.2) is 66.7 Å². The molecule has 3 rings (SSSR count). The maximum Gasteiger partial charge on any atom is 1.00 e. The summed E-state index contributed by atoms with van der Waals surface area (Å²) in [6.45, 7) is 2.95. The van der Waals surface area contributed by atoms with Crippen LogP contribution < -0.4 is 24.2 Å². The summed E-state index contributed by atoms with van der Waals surface area (Å²) < 4.78 is 5.90. The zero-order chi connectivity index (χ0) is 25.2. The molecule has 0 bridgehead atoms. The topological polar surface area (TPSA) is 75.6 Å². The number of aliphatic carboxylic acids is 1. The third-order valence-electron chi connectivity index (χ3n) is 5.69. The maximum atomic E-state index is 13.2. The van der Waals surface area contributed by atoms with E-state index in [1.165, 1.54) is 0 Å². The number of ether oxygens (including phenoxy) is 1. The Morgan fingerprint density at radius 2 is 1.72 bits per heavy atom. The van der Waals surface area contributed by atoms with Crippen molar-refractivity contribution in [2.24, 2.45) is 0 Å². The van der Waals surface area contributed by atoms with E-state index in [0.717, 1.165) is 34.2 Å². The van der Waals surface area contributed by atoms with Gasteiger partial charge in [0.15, 0.2) is 0 Å². The van der Waals surface area contributed by atoms with Crippen LogP contribution >= 0.6 is 23.4 Å². The SMILES string of the molecule is CSCCC(NC(=O)c1ccc(COCCc2ccc(Cl)cc2)cc1-c1ccccc1C)C(=O)O.[Li+]. The van der Waals surface area contributed by atoms with E-state index in [4.69, 9.17) is 16.3 Å². The van der Waals surface area contributed by atoms with Crippen molar-refractivity contribution < 1.29 is 38.3 Å². The van der Waals surface area contributed by atoms with E-state index in [1.807, 2.05) is 73.8 Å². The molecule has 0 radical (unpaired) electrons. The fraction of sp³-hybridized carbons (Fsp3) is 0.286. The number of amides is 1. The van der Waals surface area contributed by atoms with Crippen LogP contribution in [0.2, 0.25) is 5.02 Å². The van der Waals surface area contributed by atoms with Gasteiger partial charge in [0.1, 0.15) is 6.04 Å². The second kappa shape index (κ2) is 15.1. The number of hydrogen-bond acceptors (Lipinski definition) is 4. The smallest absolute Gasteiger partial charge is 0.480 e. The minimum absolute atomic E-state index is 0. The predicted molar refractivity (Wildman–Crippen MR) is 143 cm³/mol. The molecule has 0 saturated heterocycles. The zero-order valence-electron chi connectivity index (χ0n) is 20.9. The first-order valence-corrected chi connectivity index (χ1v) is 13.2. The molecule has 3 aromatic rings. The van der Waals surface area contributed by atoms with Gasteiger partial charge in [-0.05, 0) is 83.9 Å². The number of carboxylic acids is 1. The number of rotatable bonds is 12. The van der Waals surface area contributed by atoms with Crippen LogP contribution in [0.4, 0.5) is 0 Å². The number of nitrogens with one attached hydrogen (secondary N) is 1. The number of benzene rings is 3. The van der Waals surface area contributed by atoms with Crippen molar-refractivity contribution in [2.45, 2.75) is 32.4 Å². The molecular formula is C28H30ClLiNO4S+. The standard InChI is InChI=1S/C28H30ClNO4S.Li/c1-19-5-3-4-6-23(19)25-17-21(18-34-15-13-20-7-10-22(29)11-8-20)9-12-24(25)27(31)30-26(28(32)33)14-16-35-2;/h3-12,17,26H,13-16,18H2,1-2H3,(H,30,31)(H,32,33);/q;+1. The van der Waals surface area contributed by atoms with Gasteiger partial charge in [-0.3, -0.25) is 4.79 Å². The Morgan fingerprint density at radius 1 is 1.03 bits per heavy atom. The number of carboxylic acid groups (broad SMARTS) is 1. The third-order valence-corrected chi connectivity index (χ3v) is 6.59. The van der Waals surface area contributed by atoms with Gasteiger partial charge in [-0.1, -0.05) is 54.1 Å². The first kappa shape index (κ1) is 30.0. The van der Waals surface area contributed by atoms with Gasteiger partial charge in [0, 0.05) is 10.6 Å². The van der Waals surface area contributed by atoms with E-state index in [1.54, 1.807) is 17.8 Å². The van der Waals surface area contributed by atoms with Crippen molar-refractivity contribution >= 4 is 35.2 Å². The molecule has 36 heavy (non-hydrogen) atoms. The van der Waals surface area contributed by atoms with E-state index < -0.39 is 17.9 Å². The van der Waals surface area contributed by atoms with Gasteiger partial charge in [-0.25, -0.2) is 4.79 Å². The Kier molecular flexibility index (Phi) is 12.6. The van der Waals surface area contributed by atoms with Gasteiger partial charge in [-0.2, -0.15) is 11.8 Å². The Balaban J connectivity index is 0.00000456. The van der Waals surface area contributed by atoms with E-state index in [2.05, 4.69) is 5.32 Å². The van der Waals surface area contributed by atoms with Crippen molar-refractivity contribution in [1.82, 2.24) is 5.32 Å². The van der Waals surface area contributed by atoms with Gasteiger partial charge < -0.3 is 15.2 Å². The first-order chi connectivity index (χ1) is 16.9. The molecule has 5 nitrogen and oxygen atoms in total. The molecule has 184 valence electrons. The molecule has 1 amide bonds. The Bertz CT molecular complexity index is 1160. The molecule has 0 aliphatic heterocycles. The molecule has 0 heterocycles. The van der Waals surface area contributed by atoms with Crippen LogP contribution in [0.3, 0.4) is 0 Å². The number of aryl methyl sites for hydroxylation is 1. The molecule has 1 unspecified atom stereocenters. The maximum absolute atomic E-state index is 13.2. The number of thioether (sulfide) groups is 1. The van der Waals surface area contributed by atoms with Crippen molar-refractivity contribution in [1.29, 1.82) is 0 Å². The van der Waals surface area contributed by atoms with E-state index in [0.29, 0.717) is 36.0 Å². The fourth-order valence-corrected chi connectivity index (χ4v) is 4.33. The van der Waals surface area contributed by atoms with Gasteiger partial charge >= 0.3 is 24.8 Å². The molecule has 0 aromatic heterocycles. The molecule has 0 aliphatic carbocycles. The van der Waals surface area contributed by atoms with Gasteiger partial charge in [-0.15, -0.1) is 0 Å². The second-order valence-corrected chi connectivity index (χ2v) is 9.69. The minimum atomic E-state index is -1.03. The van der Waals surface area contributed by atoms with Gasteiger partial charge in [0.25, 0.3) is 5.91 Å². The van der Waals surface area contributed by atoms with Gasteiger partial charge in [0.2, 0.25) is 0 Å². The van der Waals surface area contributed by atoms with Crippen LogP contribution in [-0.4, -0.2) is 41.6 Å². The monoisotopic (exact) mass is 518 g/mol. The largest absolute Gasteiger partial charge is 1.00 e. The summed E-state index contributed by atoms with van der Waals surface area (Å²) >= 11 is 7.49. The summed E-state index contributed by atoms with van der Waals surface area (Å²) in [5.74, 6) is -0.781. The minimum Gasteiger partial charge on any atom is -0.480 e. The summed E-state index contributed by atoms with van der Waals surface area (Å²) in [5.41, 5.74) is 5.24. The summed E-state index contributed by atoms with van der Waals surface area (Å²) in [6.07, 6.45) is 3.05. The van der Waals surface area contributed by atoms with Crippen molar-refractivity contribution in [3.8, 4) is 11.1 Å². The third kappa shape index (κ3) is 8.72. The van der Waals surface area contributed by atoms with Crippen LogP contribution in [0.5, 0.6) is 0 Å². The predicted octanol–water partition coefficient (Wildman–Crippen LogP) is 3.01. The molecular weight excluding hydrogens is 489 g/mol. The molecule has 0 saturated carbocycles. The quantitative estimate of drug-likeness (QED) is 0.285. The van der Waals surface area contributed by atoms with Crippen LogP contribution in [0.1, 0.15) is 33.5 Å². The van der Waals surface area contributed by atoms with Crippen molar-refractivity contribution in [2.75, 3.05) is 18.6 Å². The summed E-state index contributed by atoms with van der Waals surface area (Å²) in [7, 11) is 0. The van der Waals surface area contributed by atoms with Crippen LogP contribution in [-0.2, 0) is 22.6 Å². The zero-order valence-corrected chi connectivity index (χ0v) is 22.5. The van der Waals surface area contributed by atoms with E-state index in [-0.39, 0.29) is 18.9 Å². The van der Waals surface area contributed by atoms with E-state index >= 15 is 0 Å². The van der Waals surface area contributed by atoms with Crippen molar-refractivity contribution in [3.63, 3.8) is 0 Å². The van der Waals surface area contributed by atoms with Crippen LogP contribution in [0, 0.1) is 6.92 Å². The Hall–Kier alpha value is -2.20. The van der Waals surface area contributed by atoms with Gasteiger partial charge in [0.05, 0.1) is 13.2 Å². The summed E-state index contributed by atoms with van der Waals surface area (Å²) in [5, 5.41) is 12.9. The number of carbonyl (C=O) groups excluding carboxylic acids is 1. The molecule has 1 atom stereocenters. The molecule has 3 aromatic carbocycles. The van der Waals surface area contributed by atoms with E-state index in [9.17, 15) is 14.7 Å². The molecule has 0 fully saturated rings. The molecule has 8 heteroatoms.